The zero-order chi connectivity index (χ0) is 23.3. The van der Waals surface area contributed by atoms with E-state index in [9.17, 15) is 4.79 Å². The summed E-state index contributed by atoms with van der Waals surface area (Å²) in [6.45, 7) is 0. The van der Waals surface area contributed by atoms with Crippen molar-refractivity contribution in [3.05, 3.63) is 76.5 Å². The normalized spacial score (nSPS) is 27.4. The van der Waals surface area contributed by atoms with E-state index >= 15 is 0 Å². The van der Waals surface area contributed by atoms with Gasteiger partial charge in [0.1, 0.15) is 11.5 Å². The number of benzene rings is 2. The maximum Gasteiger partial charge on any atom is 0.339 e. The first kappa shape index (κ1) is 21.7. The van der Waals surface area contributed by atoms with E-state index in [1.165, 1.54) is 51.2 Å². The molecule has 4 aliphatic carbocycles. The maximum absolute atomic E-state index is 11.7. The van der Waals surface area contributed by atoms with Crippen LogP contribution in [0.5, 0.6) is 0 Å². The molecule has 3 aromatic rings. The third-order valence-electron chi connectivity index (χ3n) is 8.14. The summed E-state index contributed by atoms with van der Waals surface area (Å²) in [5, 5.41) is 0.329. The Labute approximate surface area is 205 Å². The highest BCUT2D eigenvalue weighted by molar-refractivity contribution is 6.33. The highest BCUT2D eigenvalue weighted by atomic mass is 35.5. The fraction of sp³-hybridized carbons (Fsp3) is 0.379. The van der Waals surface area contributed by atoms with Crippen LogP contribution in [0.1, 0.15) is 60.2 Å². The van der Waals surface area contributed by atoms with Crippen LogP contribution < -0.4 is 0 Å². The summed E-state index contributed by atoms with van der Waals surface area (Å²) in [5.41, 5.74) is 3.97. The summed E-state index contributed by atoms with van der Waals surface area (Å²) in [7, 11) is 1.33. The predicted molar refractivity (Wildman–Crippen MR) is 134 cm³/mol. The van der Waals surface area contributed by atoms with Crippen LogP contribution in [0.4, 0.5) is 5.69 Å². The van der Waals surface area contributed by atoms with Crippen molar-refractivity contribution in [2.75, 3.05) is 7.11 Å². The van der Waals surface area contributed by atoms with Crippen molar-refractivity contribution in [2.45, 2.75) is 43.9 Å². The molecule has 34 heavy (non-hydrogen) atoms. The van der Waals surface area contributed by atoms with Crippen molar-refractivity contribution < 1.29 is 13.9 Å². The molecule has 4 nitrogen and oxygen atoms in total. The van der Waals surface area contributed by atoms with Gasteiger partial charge in [-0.2, -0.15) is 0 Å². The van der Waals surface area contributed by atoms with E-state index in [1.54, 1.807) is 24.4 Å². The second kappa shape index (κ2) is 8.42. The molecule has 7 rings (SSSR count). The summed E-state index contributed by atoms with van der Waals surface area (Å²) in [5.74, 6) is 3.71. The number of hydrogen-bond donors (Lipinski definition) is 0. The zero-order valence-electron chi connectivity index (χ0n) is 19.3. The molecule has 0 radical (unpaired) electrons. The second-order valence-electron chi connectivity index (χ2n) is 10.4. The van der Waals surface area contributed by atoms with E-state index < -0.39 is 5.97 Å². The molecule has 0 unspecified atom stereocenters. The van der Waals surface area contributed by atoms with Crippen LogP contribution in [-0.4, -0.2) is 19.3 Å². The molecule has 1 heterocycles. The van der Waals surface area contributed by atoms with Gasteiger partial charge in [0.15, 0.2) is 0 Å². The minimum absolute atomic E-state index is 0.329. The Kier molecular flexibility index (Phi) is 5.37. The van der Waals surface area contributed by atoms with Crippen molar-refractivity contribution in [1.82, 2.24) is 0 Å². The summed E-state index contributed by atoms with van der Waals surface area (Å²) in [6, 6.07) is 17.8. The van der Waals surface area contributed by atoms with Crippen molar-refractivity contribution >= 4 is 29.5 Å². The minimum atomic E-state index is -0.460. The standard InChI is InChI=1S/C29H28ClNO3/c1-33-28(32)25-8-2-21(13-26(25)30)27-9-7-24(34-27)17-31-23-5-3-22(4-6-23)29-14-18-10-19(15-29)12-20(11-18)16-29/h2-9,13,17-20H,10-12,14-16H2,1H3. The number of hydrogen-bond acceptors (Lipinski definition) is 4. The molecule has 0 atom stereocenters. The van der Waals surface area contributed by atoms with Crippen LogP contribution in [0, 0.1) is 17.8 Å². The van der Waals surface area contributed by atoms with E-state index in [4.69, 9.17) is 20.8 Å². The highest BCUT2D eigenvalue weighted by Crippen LogP contribution is 2.60. The van der Waals surface area contributed by atoms with Gasteiger partial charge in [0, 0.05) is 5.56 Å². The lowest BCUT2D eigenvalue weighted by atomic mass is 9.48. The molecule has 4 aliphatic rings. The smallest absolute Gasteiger partial charge is 0.339 e. The molecule has 0 N–H and O–H groups in total. The molecule has 2 aromatic carbocycles. The van der Waals surface area contributed by atoms with Crippen molar-refractivity contribution in [3.8, 4) is 11.3 Å². The van der Waals surface area contributed by atoms with Gasteiger partial charge in [-0.25, -0.2) is 4.79 Å². The molecule has 0 saturated heterocycles. The Balaban J connectivity index is 1.16. The average Bonchev–Trinajstić information content (AvgIpc) is 3.31. The van der Waals surface area contributed by atoms with E-state index in [0.717, 1.165) is 29.0 Å². The minimum Gasteiger partial charge on any atom is -0.465 e. The number of nitrogens with zero attached hydrogens (tertiary/aromatic N) is 1. The number of rotatable bonds is 5. The number of methoxy groups -OCH3 is 1. The molecule has 4 saturated carbocycles. The number of halogens is 1. The fourth-order valence-electron chi connectivity index (χ4n) is 7.02. The van der Waals surface area contributed by atoms with Crippen LogP contribution in [0.3, 0.4) is 0 Å². The Morgan fingerprint density at radius 3 is 2.29 bits per heavy atom. The Bertz CT molecular complexity index is 1220. The van der Waals surface area contributed by atoms with Crippen LogP contribution >= 0.6 is 11.6 Å². The number of carbonyl (C=O) groups is 1. The largest absolute Gasteiger partial charge is 0.465 e. The van der Waals surface area contributed by atoms with Crippen LogP contribution in [0.25, 0.3) is 11.3 Å². The van der Waals surface area contributed by atoms with E-state index in [2.05, 4.69) is 29.3 Å². The third-order valence-corrected chi connectivity index (χ3v) is 8.46. The molecule has 0 spiro atoms. The lowest BCUT2D eigenvalue weighted by Crippen LogP contribution is -2.48. The van der Waals surface area contributed by atoms with Gasteiger partial charge in [-0.05, 0) is 104 Å². The lowest BCUT2D eigenvalue weighted by Gasteiger charge is -2.57. The zero-order valence-corrected chi connectivity index (χ0v) is 20.1. The van der Waals surface area contributed by atoms with Crippen molar-refractivity contribution in [1.29, 1.82) is 0 Å². The summed E-state index contributed by atoms with van der Waals surface area (Å²) in [4.78, 5) is 16.4. The quantitative estimate of drug-likeness (QED) is 0.283. The van der Waals surface area contributed by atoms with Crippen LogP contribution in [0.15, 0.2) is 64.0 Å². The Morgan fingerprint density at radius 2 is 1.68 bits per heavy atom. The molecule has 0 aliphatic heterocycles. The van der Waals surface area contributed by atoms with Crippen LogP contribution in [-0.2, 0) is 10.2 Å². The first-order valence-electron chi connectivity index (χ1n) is 12.1. The van der Waals surface area contributed by atoms with Gasteiger partial charge in [-0.1, -0.05) is 29.8 Å². The van der Waals surface area contributed by atoms with E-state index in [-0.39, 0.29) is 0 Å². The SMILES string of the molecule is COC(=O)c1ccc(-c2ccc(C=Nc3ccc(C45CC6CC(CC(C6)C4)C5)cc3)o2)cc1Cl. The molecule has 0 amide bonds. The highest BCUT2D eigenvalue weighted by Gasteiger charge is 2.51. The van der Waals surface area contributed by atoms with E-state index in [1.807, 2.05) is 12.1 Å². The molecule has 174 valence electrons. The maximum atomic E-state index is 11.7. The first-order valence-corrected chi connectivity index (χ1v) is 12.5. The lowest BCUT2D eigenvalue weighted by molar-refractivity contribution is -0.00518. The fourth-order valence-corrected chi connectivity index (χ4v) is 7.28. The molecule has 1 aromatic heterocycles. The van der Waals surface area contributed by atoms with Gasteiger partial charge in [0.25, 0.3) is 0 Å². The summed E-state index contributed by atoms with van der Waals surface area (Å²) in [6.07, 6.45) is 10.3. The van der Waals surface area contributed by atoms with Gasteiger partial charge >= 0.3 is 5.97 Å². The van der Waals surface area contributed by atoms with Gasteiger partial charge in [0.2, 0.25) is 0 Å². The predicted octanol–water partition coefficient (Wildman–Crippen LogP) is 7.61. The monoisotopic (exact) mass is 473 g/mol. The molecular formula is C29H28ClNO3. The molecule has 5 heteroatoms. The van der Waals surface area contributed by atoms with Gasteiger partial charge < -0.3 is 9.15 Å². The third kappa shape index (κ3) is 3.88. The number of furan rings is 1. The van der Waals surface area contributed by atoms with Crippen LogP contribution in [0.2, 0.25) is 5.02 Å². The van der Waals surface area contributed by atoms with Crippen molar-refractivity contribution in [3.63, 3.8) is 0 Å². The number of ether oxygens (including phenoxy) is 1. The van der Waals surface area contributed by atoms with Gasteiger partial charge in [0.05, 0.1) is 29.6 Å². The Morgan fingerprint density at radius 1 is 1.00 bits per heavy atom. The molecule has 4 fully saturated rings. The molecule has 4 bridgehead atoms. The number of carbonyl (C=O) groups excluding carboxylic acids is 1. The summed E-state index contributed by atoms with van der Waals surface area (Å²) < 4.78 is 10.7. The Hall–Kier alpha value is -2.85. The first-order chi connectivity index (χ1) is 16.5. The summed E-state index contributed by atoms with van der Waals surface area (Å²) >= 11 is 6.24. The average molecular weight is 474 g/mol. The number of esters is 1. The molecular weight excluding hydrogens is 446 g/mol. The van der Waals surface area contributed by atoms with Gasteiger partial charge in [-0.15, -0.1) is 0 Å². The van der Waals surface area contributed by atoms with Gasteiger partial charge in [-0.3, -0.25) is 4.99 Å². The van der Waals surface area contributed by atoms with Crippen molar-refractivity contribution in [2.24, 2.45) is 22.7 Å². The number of aliphatic imine (C=N–C) groups is 1. The second-order valence-corrected chi connectivity index (χ2v) is 10.8. The topological polar surface area (TPSA) is 51.8 Å². The van der Waals surface area contributed by atoms with E-state index in [0.29, 0.717) is 27.5 Å².